The Kier molecular flexibility index (Phi) is 4.36. The first-order valence-corrected chi connectivity index (χ1v) is 6.62. The van der Waals surface area contributed by atoms with Gasteiger partial charge in [-0.15, -0.1) is 0 Å². The van der Waals surface area contributed by atoms with Crippen LogP contribution in [0, 0.1) is 5.92 Å². The first kappa shape index (κ1) is 13.8. The molecule has 2 fully saturated rings. The van der Waals surface area contributed by atoms with Crippen molar-refractivity contribution in [3.8, 4) is 0 Å². The lowest BCUT2D eigenvalue weighted by molar-refractivity contribution is -0.136. The normalized spacial score (nSPS) is 24.9. The van der Waals surface area contributed by atoms with Crippen LogP contribution in [-0.4, -0.2) is 66.8 Å². The maximum atomic E-state index is 12.1. The molecule has 7 heteroatoms. The molecule has 19 heavy (non-hydrogen) atoms. The minimum absolute atomic E-state index is 0.0272. The first-order valence-electron chi connectivity index (χ1n) is 6.62. The third kappa shape index (κ3) is 3.66. The van der Waals surface area contributed by atoms with E-state index in [0.29, 0.717) is 26.2 Å². The zero-order valence-corrected chi connectivity index (χ0v) is 10.9. The molecule has 2 heterocycles. The minimum atomic E-state index is -0.338. The molecule has 0 aromatic carbocycles. The molecule has 0 saturated carbocycles. The number of nitrogens with two attached hydrogens (primary N) is 1. The second-order valence-corrected chi connectivity index (χ2v) is 5.14. The molecule has 2 rings (SSSR count). The minimum Gasteiger partial charge on any atom is -0.369 e. The highest BCUT2D eigenvalue weighted by Crippen LogP contribution is 2.16. The van der Waals surface area contributed by atoms with Crippen molar-refractivity contribution in [3.05, 3.63) is 0 Å². The van der Waals surface area contributed by atoms with Crippen LogP contribution in [0.5, 0.6) is 0 Å². The molecule has 0 aromatic heterocycles. The highest BCUT2D eigenvalue weighted by Gasteiger charge is 2.28. The van der Waals surface area contributed by atoms with E-state index in [4.69, 9.17) is 5.73 Å². The number of piperidine rings is 1. The summed E-state index contributed by atoms with van der Waals surface area (Å²) < 4.78 is 0. The van der Waals surface area contributed by atoms with E-state index < -0.39 is 0 Å². The summed E-state index contributed by atoms with van der Waals surface area (Å²) in [6.07, 6.45) is 1.56. The second-order valence-electron chi connectivity index (χ2n) is 5.14. The van der Waals surface area contributed by atoms with E-state index in [0.717, 1.165) is 12.8 Å². The van der Waals surface area contributed by atoms with Crippen molar-refractivity contribution in [3.63, 3.8) is 0 Å². The molecule has 2 saturated heterocycles. The summed E-state index contributed by atoms with van der Waals surface area (Å²) in [4.78, 5) is 38.1. The van der Waals surface area contributed by atoms with Crippen LogP contribution in [0.3, 0.4) is 0 Å². The molecule has 1 atom stereocenters. The lowest BCUT2D eigenvalue weighted by Crippen LogP contribution is -2.52. The van der Waals surface area contributed by atoms with E-state index in [-0.39, 0.29) is 36.7 Å². The fraction of sp³-hybridized carbons (Fsp3) is 0.750. The van der Waals surface area contributed by atoms with E-state index >= 15 is 0 Å². The number of nitrogens with zero attached hydrogens (tertiary/aromatic N) is 2. The van der Waals surface area contributed by atoms with Crippen molar-refractivity contribution in [1.29, 1.82) is 0 Å². The molecule has 0 radical (unpaired) electrons. The Morgan fingerprint density at radius 3 is 2.84 bits per heavy atom. The van der Waals surface area contributed by atoms with Crippen molar-refractivity contribution >= 4 is 17.7 Å². The lowest BCUT2D eigenvalue weighted by Gasteiger charge is -2.33. The molecule has 2 aliphatic heterocycles. The number of hydrogen-bond donors (Lipinski definition) is 2. The number of carbonyl (C=O) groups excluding carboxylic acids is 3. The molecule has 3 N–H and O–H groups in total. The Hall–Kier alpha value is -1.63. The average Bonchev–Trinajstić information content (AvgIpc) is 2.39. The van der Waals surface area contributed by atoms with Gasteiger partial charge in [-0.1, -0.05) is 0 Å². The maximum Gasteiger partial charge on any atom is 0.236 e. The van der Waals surface area contributed by atoms with Gasteiger partial charge >= 0.3 is 0 Å². The van der Waals surface area contributed by atoms with Gasteiger partial charge in [0.25, 0.3) is 0 Å². The van der Waals surface area contributed by atoms with Crippen LogP contribution >= 0.6 is 0 Å². The number of hydrogen-bond acceptors (Lipinski definition) is 4. The molecule has 0 aliphatic carbocycles. The molecule has 2 aliphatic rings. The van der Waals surface area contributed by atoms with Crippen LogP contribution in [0.2, 0.25) is 0 Å². The van der Waals surface area contributed by atoms with Gasteiger partial charge in [0.2, 0.25) is 17.7 Å². The fourth-order valence-electron chi connectivity index (χ4n) is 2.55. The van der Waals surface area contributed by atoms with Gasteiger partial charge in [0.1, 0.15) is 0 Å². The Bertz CT molecular complexity index is 385. The average molecular weight is 268 g/mol. The van der Waals surface area contributed by atoms with Crippen LogP contribution in [0.25, 0.3) is 0 Å². The molecule has 7 nitrogen and oxygen atoms in total. The van der Waals surface area contributed by atoms with Crippen molar-refractivity contribution < 1.29 is 14.4 Å². The molecule has 0 aromatic rings. The molecular formula is C12H20N4O3. The molecule has 3 amide bonds. The van der Waals surface area contributed by atoms with Gasteiger partial charge in [0, 0.05) is 26.2 Å². The van der Waals surface area contributed by atoms with E-state index in [2.05, 4.69) is 5.32 Å². The van der Waals surface area contributed by atoms with Crippen LogP contribution in [0.4, 0.5) is 0 Å². The van der Waals surface area contributed by atoms with E-state index in [9.17, 15) is 14.4 Å². The van der Waals surface area contributed by atoms with E-state index in [1.165, 1.54) is 0 Å². The summed E-state index contributed by atoms with van der Waals surface area (Å²) in [6, 6.07) is 0. The van der Waals surface area contributed by atoms with Crippen LogP contribution in [0.1, 0.15) is 12.8 Å². The van der Waals surface area contributed by atoms with Gasteiger partial charge in [-0.25, -0.2) is 0 Å². The van der Waals surface area contributed by atoms with E-state index in [1.807, 2.05) is 4.90 Å². The summed E-state index contributed by atoms with van der Waals surface area (Å²) >= 11 is 0. The number of primary amides is 1. The number of rotatable bonds is 3. The first-order chi connectivity index (χ1) is 9.06. The number of nitrogens with one attached hydrogen (secondary N) is 1. The van der Waals surface area contributed by atoms with Gasteiger partial charge < -0.3 is 16.0 Å². The Morgan fingerprint density at radius 1 is 1.37 bits per heavy atom. The number of likely N-dealkylation sites (tertiary alicyclic amines) is 1. The van der Waals surface area contributed by atoms with Gasteiger partial charge in [-0.3, -0.25) is 19.3 Å². The Labute approximate surface area is 112 Å². The van der Waals surface area contributed by atoms with Gasteiger partial charge in [0.15, 0.2) is 0 Å². The third-order valence-electron chi connectivity index (χ3n) is 3.65. The van der Waals surface area contributed by atoms with Crippen LogP contribution in [0.15, 0.2) is 0 Å². The Morgan fingerprint density at radius 2 is 2.16 bits per heavy atom. The number of carbonyl (C=O) groups is 3. The number of piperazine rings is 1. The standard InChI is InChI=1S/C12H20N4O3/c13-12(19)9-2-1-4-16(6-9)11(18)8-15-5-3-14-10(17)7-15/h9H,1-8H2,(H2,13,19)(H,14,17). The van der Waals surface area contributed by atoms with Crippen molar-refractivity contribution in [1.82, 2.24) is 15.1 Å². The van der Waals surface area contributed by atoms with Crippen molar-refractivity contribution in [2.75, 3.05) is 39.3 Å². The van der Waals surface area contributed by atoms with E-state index in [1.54, 1.807) is 4.90 Å². The summed E-state index contributed by atoms with van der Waals surface area (Å²) in [5.74, 6) is -0.648. The van der Waals surface area contributed by atoms with Gasteiger partial charge in [-0.2, -0.15) is 0 Å². The van der Waals surface area contributed by atoms with Crippen LogP contribution in [-0.2, 0) is 14.4 Å². The fourth-order valence-corrected chi connectivity index (χ4v) is 2.55. The highest BCUT2D eigenvalue weighted by molar-refractivity contribution is 5.83. The van der Waals surface area contributed by atoms with Crippen molar-refractivity contribution in [2.24, 2.45) is 11.7 Å². The summed E-state index contributed by atoms with van der Waals surface area (Å²) in [7, 11) is 0. The molecular weight excluding hydrogens is 248 g/mol. The third-order valence-corrected chi connectivity index (χ3v) is 3.65. The smallest absolute Gasteiger partial charge is 0.236 e. The molecule has 106 valence electrons. The Balaban J connectivity index is 1.85. The molecule has 0 bridgehead atoms. The summed E-state index contributed by atoms with van der Waals surface area (Å²) in [6.45, 7) is 2.84. The van der Waals surface area contributed by atoms with Crippen molar-refractivity contribution in [2.45, 2.75) is 12.8 Å². The zero-order chi connectivity index (χ0) is 13.8. The second kappa shape index (κ2) is 6.01. The number of amides is 3. The summed E-state index contributed by atoms with van der Waals surface area (Å²) in [5, 5.41) is 2.72. The van der Waals surface area contributed by atoms with Crippen LogP contribution < -0.4 is 11.1 Å². The largest absolute Gasteiger partial charge is 0.369 e. The van der Waals surface area contributed by atoms with Gasteiger partial charge in [-0.05, 0) is 12.8 Å². The predicted octanol–water partition coefficient (Wildman–Crippen LogP) is -1.86. The molecule has 1 unspecified atom stereocenters. The quantitative estimate of drug-likeness (QED) is 0.627. The maximum absolute atomic E-state index is 12.1. The monoisotopic (exact) mass is 268 g/mol. The highest BCUT2D eigenvalue weighted by atomic mass is 16.2. The molecule has 0 spiro atoms. The van der Waals surface area contributed by atoms with Gasteiger partial charge in [0.05, 0.1) is 19.0 Å². The summed E-state index contributed by atoms with van der Waals surface area (Å²) in [5.41, 5.74) is 5.29. The zero-order valence-electron chi connectivity index (χ0n) is 10.9. The topological polar surface area (TPSA) is 95.7 Å². The lowest BCUT2D eigenvalue weighted by atomic mass is 9.97. The SMILES string of the molecule is NC(=O)C1CCCN(C(=O)CN2CCNC(=O)C2)C1. The predicted molar refractivity (Wildman–Crippen MR) is 67.9 cm³/mol.